The van der Waals surface area contributed by atoms with Crippen molar-refractivity contribution in [3.8, 4) is 22.3 Å². The van der Waals surface area contributed by atoms with Crippen LogP contribution in [0.15, 0.2) is 84.9 Å². The SMILES string of the molecule is CCCCC1c2ccccc2-c2ccc[c]([Hf]([Cl])([Cl])[c]3cccc4c3C(CCCC)c3ccccc3-4)c21. The first-order chi connectivity index (χ1) is 18.1. The Morgan fingerprint density at radius 2 is 0.946 bits per heavy atom. The van der Waals surface area contributed by atoms with Gasteiger partial charge in [-0.05, 0) is 0 Å². The van der Waals surface area contributed by atoms with Crippen LogP contribution in [-0.4, -0.2) is 0 Å². The topological polar surface area (TPSA) is 0 Å². The molecule has 0 amide bonds. The van der Waals surface area contributed by atoms with Gasteiger partial charge < -0.3 is 0 Å². The molecule has 0 nitrogen and oxygen atoms in total. The van der Waals surface area contributed by atoms with E-state index >= 15 is 0 Å². The Morgan fingerprint density at radius 3 is 1.38 bits per heavy atom. The van der Waals surface area contributed by atoms with Crippen LogP contribution in [0.2, 0.25) is 0 Å². The van der Waals surface area contributed by atoms with Gasteiger partial charge in [-0.2, -0.15) is 0 Å². The van der Waals surface area contributed by atoms with Crippen LogP contribution in [0.25, 0.3) is 22.3 Å². The zero-order valence-electron chi connectivity index (χ0n) is 21.7. The van der Waals surface area contributed by atoms with E-state index in [2.05, 4.69) is 98.8 Å². The molecule has 6 rings (SSSR count). The average Bonchev–Trinajstić information content (AvgIpc) is 3.43. The fourth-order valence-electron chi connectivity index (χ4n) is 6.86. The summed E-state index contributed by atoms with van der Waals surface area (Å²) in [6.07, 6.45) is 7.08. The van der Waals surface area contributed by atoms with E-state index < -0.39 is 17.6 Å². The summed E-state index contributed by atoms with van der Waals surface area (Å²) < 4.78 is 2.54. The molecule has 188 valence electrons. The Balaban J connectivity index is 1.54. The molecule has 4 aromatic rings. The fourth-order valence-corrected chi connectivity index (χ4v) is 20.1. The Bertz CT molecular complexity index is 1350. The molecule has 4 aromatic carbocycles. The molecule has 3 heteroatoms. The standard InChI is InChI=1S/2C17H17.2ClH.Hf/c2*1-2-3-8-13-14-9-4-6-11-16(14)17-12-7-5-10-15(13)17;;;/h2*4-7,9,11-13H,2-3,8H2,1H3;2*1H;/q;;;;+2/p-2. The first kappa shape index (κ1) is 25.6. The van der Waals surface area contributed by atoms with Crippen LogP contribution < -0.4 is 6.64 Å². The van der Waals surface area contributed by atoms with E-state index in [1.54, 1.807) is 0 Å². The van der Waals surface area contributed by atoms with Gasteiger partial charge in [0.05, 0.1) is 0 Å². The molecule has 0 fully saturated rings. The van der Waals surface area contributed by atoms with Gasteiger partial charge in [0.2, 0.25) is 0 Å². The third-order valence-electron chi connectivity index (χ3n) is 8.53. The van der Waals surface area contributed by atoms with E-state index in [9.17, 15) is 0 Å². The zero-order chi connectivity index (χ0) is 25.6. The second-order valence-electron chi connectivity index (χ2n) is 10.7. The Labute approximate surface area is 233 Å². The number of fused-ring (bicyclic) bond motifs is 6. The Hall–Kier alpha value is -1.67. The Kier molecular flexibility index (Phi) is 7.25. The molecular weight excluding hydrogens is 658 g/mol. The number of hydrogen-bond acceptors (Lipinski definition) is 0. The summed E-state index contributed by atoms with van der Waals surface area (Å²) in [5.41, 5.74) is 11.2. The molecule has 0 radical (unpaired) electrons. The number of hydrogen-bond donors (Lipinski definition) is 0. The summed E-state index contributed by atoms with van der Waals surface area (Å²) in [4.78, 5) is 0. The average molecular weight is 692 g/mol. The van der Waals surface area contributed by atoms with E-state index in [-0.39, 0.29) is 0 Å². The summed E-state index contributed by atoms with van der Waals surface area (Å²) in [5, 5.41) is 0. The summed E-state index contributed by atoms with van der Waals surface area (Å²) in [6.45, 7) is 4.56. The molecular formula is C34H34Cl2Hf. The molecule has 0 saturated heterocycles. The van der Waals surface area contributed by atoms with Crippen molar-refractivity contribution in [2.45, 2.75) is 64.2 Å². The maximum atomic E-state index is 7.83. The van der Waals surface area contributed by atoms with Gasteiger partial charge >= 0.3 is 235 Å². The van der Waals surface area contributed by atoms with Gasteiger partial charge in [0, 0.05) is 0 Å². The third kappa shape index (κ3) is 4.21. The number of unbranched alkanes of at least 4 members (excludes halogenated alkanes) is 2. The van der Waals surface area contributed by atoms with Crippen LogP contribution in [0.4, 0.5) is 0 Å². The van der Waals surface area contributed by atoms with Gasteiger partial charge in [-0.25, -0.2) is 0 Å². The second-order valence-corrected chi connectivity index (χ2v) is 29.5. The molecule has 2 aliphatic rings. The predicted octanol–water partition coefficient (Wildman–Crippen LogP) is 9.70. The van der Waals surface area contributed by atoms with Gasteiger partial charge in [0.25, 0.3) is 0 Å². The first-order valence-electron chi connectivity index (χ1n) is 13.9. The first-order valence-corrected chi connectivity index (χ1v) is 26.4. The monoisotopic (exact) mass is 692 g/mol. The second kappa shape index (κ2) is 10.5. The van der Waals surface area contributed by atoms with Crippen molar-refractivity contribution < 1.29 is 17.6 Å². The van der Waals surface area contributed by atoms with E-state index in [4.69, 9.17) is 17.2 Å². The van der Waals surface area contributed by atoms with Gasteiger partial charge in [0.15, 0.2) is 0 Å². The third-order valence-corrected chi connectivity index (χ3v) is 23.2. The van der Waals surface area contributed by atoms with Gasteiger partial charge in [-0.1, -0.05) is 0 Å². The van der Waals surface area contributed by atoms with E-state index in [0.29, 0.717) is 11.8 Å². The molecule has 2 unspecified atom stereocenters. The van der Waals surface area contributed by atoms with Crippen molar-refractivity contribution in [3.05, 3.63) is 107 Å². The van der Waals surface area contributed by atoms with E-state index in [1.807, 2.05) is 0 Å². The molecule has 0 N–H and O–H groups in total. The Morgan fingerprint density at radius 1 is 0.541 bits per heavy atom. The fraction of sp³-hybridized carbons (Fsp3) is 0.294. The van der Waals surface area contributed by atoms with Crippen LogP contribution in [0.1, 0.15) is 86.5 Å². The van der Waals surface area contributed by atoms with Crippen LogP contribution in [0.3, 0.4) is 0 Å². The molecule has 2 atom stereocenters. The molecule has 0 aliphatic heterocycles. The van der Waals surface area contributed by atoms with E-state index in [1.165, 1.54) is 76.8 Å². The van der Waals surface area contributed by atoms with Crippen LogP contribution in [0.5, 0.6) is 0 Å². The number of rotatable bonds is 8. The summed E-state index contributed by atoms with van der Waals surface area (Å²) >= 11 is -4.22. The van der Waals surface area contributed by atoms with Crippen molar-refractivity contribution >= 4 is 23.8 Å². The van der Waals surface area contributed by atoms with Crippen molar-refractivity contribution in [3.63, 3.8) is 0 Å². The normalized spacial score (nSPS) is 17.3. The predicted molar refractivity (Wildman–Crippen MR) is 157 cm³/mol. The van der Waals surface area contributed by atoms with Crippen LogP contribution in [0, 0.1) is 0 Å². The molecule has 0 spiro atoms. The molecule has 2 aliphatic carbocycles. The maximum absolute atomic E-state index is 7.83. The van der Waals surface area contributed by atoms with Gasteiger partial charge in [-0.15, -0.1) is 0 Å². The van der Waals surface area contributed by atoms with E-state index in [0.717, 1.165) is 12.8 Å². The van der Waals surface area contributed by atoms with Crippen molar-refractivity contribution in [2.75, 3.05) is 0 Å². The van der Waals surface area contributed by atoms with Crippen molar-refractivity contribution in [1.82, 2.24) is 0 Å². The van der Waals surface area contributed by atoms with Crippen LogP contribution in [-0.2, 0) is 17.6 Å². The number of halogens is 2. The van der Waals surface area contributed by atoms with Crippen molar-refractivity contribution in [2.24, 2.45) is 0 Å². The quantitative estimate of drug-likeness (QED) is 0.162. The summed E-state index contributed by atoms with van der Waals surface area (Å²) in [6, 6.07) is 31.4. The van der Waals surface area contributed by atoms with Crippen molar-refractivity contribution in [1.29, 1.82) is 0 Å². The van der Waals surface area contributed by atoms with Crippen LogP contribution >= 0.6 is 17.2 Å². The minimum absolute atomic E-state index is 0.379. The molecule has 37 heavy (non-hydrogen) atoms. The summed E-state index contributed by atoms with van der Waals surface area (Å²) in [7, 11) is 15.7. The molecule has 0 aromatic heterocycles. The minimum atomic E-state index is -4.22. The zero-order valence-corrected chi connectivity index (χ0v) is 26.8. The van der Waals surface area contributed by atoms with Gasteiger partial charge in [-0.3, -0.25) is 0 Å². The number of benzene rings is 4. The molecule has 0 bridgehead atoms. The summed E-state index contributed by atoms with van der Waals surface area (Å²) in [5.74, 6) is 0.758. The van der Waals surface area contributed by atoms with Gasteiger partial charge in [0.1, 0.15) is 0 Å². The molecule has 0 saturated carbocycles. The molecule has 0 heterocycles.